The van der Waals surface area contributed by atoms with Crippen molar-refractivity contribution in [3.63, 3.8) is 0 Å². The largest absolute Gasteiger partial charge is 0.488 e. The Bertz CT molecular complexity index is 1940. The van der Waals surface area contributed by atoms with E-state index < -0.39 is 42.9 Å². The van der Waals surface area contributed by atoms with Crippen LogP contribution in [0.3, 0.4) is 0 Å². The molecule has 340 valence electrons. The summed E-state index contributed by atoms with van der Waals surface area (Å²) in [7, 11) is -5.77. The predicted molar refractivity (Wildman–Crippen MR) is 245 cm³/mol. The molecule has 0 bridgehead atoms. The minimum atomic E-state index is -4.45. The molecule has 3 saturated heterocycles. The van der Waals surface area contributed by atoms with Gasteiger partial charge in [-0.05, 0) is 82.1 Å². The zero-order valence-corrected chi connectivity index (χ0v) is 39.0. The normalized spacial score (nSPS) is 18.6. The number of rotatable bonds is 23. The topological polar surface area (TPSA) is 86.3 Å². The number of sulfone groups is 1. The van der Waals surface area contributed by atoms with Crippen molar-refractivity contribution in [1.82, 2.24) is 19.7 Å². The second kappa shape index (κ2) is 23.8. The molecule has 1 unspecified atom stereocenters. The molecule has 2 aromatic carbocycles. The number of ether oxygens (including phenoxy) is 1. The molecule has 0 amide bonds. The highest BCUT2D eigenvalue weighted by molar-refractivity contribution is 7.91. The van der Waals surface area contributed by atoms with E-state index in [4.69, 9.17) is 4.74 Å². The molecular formula is C48H73F2N5O4S2. The summed E-state index contributed by atoms with van der Waals surface area (Å²) in [6.07, 6.45) is 24.0. The number of pyridine rings is 1. The third-order valence-corrected chi connectivity index (χ3v) is 16.2. The van der Waals surface area contributed by atoms with E-state index in [1.165, 1.54) is 96.3 Å². The monoisotopic (exact) mass is 886 g/mol. The Morgan fingerprint density at radius 1 is 0.705 bits per heavy atom. The molecule has 0 N–H and O–H groups in total. The smallest absolute Gasteiger partial charge is 0.210 e. The number of benzene rings is 2. The summed E-state index contributed by atoms with van der Waals surface area (Å²) in [6, 6.07) is 8.02. The first-order valence-electron chi connectivity index (χ1n) is 23.7. The van der Waals surface area contributed by atoms with Crippen molar-refractivity contribution in [3.8, 4) is 5.75 Å². The lowest BCUT2D eigenvalue weighted by atomic mass is 9.99. The maximum atomic E-state index is 15.6. The van der Waals surface area contributed by atoms with Crippen LogP contribution in [0, 0.1) is 11.6 Å². The van der Waals surface area contributed by atoms with Crippen molar-refractivity contribution in [2.24, 2.45) is 0 Å². The number of fused-ring (bicyclic) bond motifs is 1. The Labute approximate surface area is 368 Å². The molecule has 3 fully saturated rings. The van der Waals surface area contributed by atoms with Crippen molar-refractivity contribution in [1.29, 1.82) is 0 Å². The summed E-state index contributed by atoms with van der Waals surface area (Å²) in [4.78, 5) is 14.3. The van der Waals surface area contributed by atoms with Gasteiger partial charge >= 0.3 is 0 Å². The lowest BCUT2D eigenvalue weighted by Crippen LogP contribution is -2.56. The minimum Gasteiger partial charge on any atom is -0.488 e. The molecule has 6 rings (SSSR count). The van der Waals surface area contributed by atoms with Crippen LogP contribution in [0.25, 0.3) is 10.9 Å². The molecule has 3 aliphatic heterocycles. The molecule has 0 radical (unpaired) electrons. The van der Waals surface area contributed by atoms with Gasteiger partial charge in [-0.3, -0.25) is 19.0 Å². The third kappa shape index (κ3) is 13.0. The molecule has 0 saturated carbocycles. The Hall–Kier alpha value is -2.71. The lowest BCUT2D eigenvalue weighted by molar-refractivity contribution is 0.0384. The van der Waals surface area contributed by atoms with Crippen LogP contribution in [0.5, 0.6) is 5.75 Å². The van der Waals surface area contributed by atoms with Gasteiger partial charge in [-0.1, -0.05) is 97.3 Å². The van der Waals surface area contributed by atoms with Crippen LogP contribution in [0.2, 0.25) is 0 Å². The number of hydrogen-bond acceptors (Lipinski definition) is 9. The van der Waals surface area contributed by atoms with Gasteiger partial charge in [0.2, 0.25) is 9.84 Å². The predicted octanol–water partition coefficient (Wildman–Crippen LogP) is 10.0. The van der Waals surface area contributed by atoms with Crippen molar-refractivity contribution < 1.29 is 26.1 Å². The highest BCUT2D eigenvalue weighted by Crippen LogP contribution is 2.39. The van der Waals surface area contributed by atoms with E-state index in [0.717, 1.165) is 77.0 Å². The number of piperazine rings is 1. The molecule has 0 aliphatic carbocycles. The van der Waals surface area contributed by atoms with Crippen LogP contribution in [0.15, 0.2) is 51.2 Å². The van der Waals surface area contributed by atoms with Gasteiger partial charge in [0.15, 0.2) is 17.4 Å². The average molecular weight is 886 g/mol. The number of aromatic nitrogens is 1. The Morgan fingerprint density at radius 3 is 1.72 bits per heavy atom. The summed E-state index contributed by atoms with van der Waals surface area (Å²) in [5.74, 6) is -2.64. The van der Waals surface area contributed by atoms with Crippen LogP contribution in [-0.2, 0) is 20.6 Å². The molecule has 61 heavy (non-hydrogen) atoms. The summed E-state index contributed by atoms with van der Waals surface area (Å²) in [6.45, 7) is 13.5. The summed E-state index contributed by atoms with van der Waals surface area (Å²) < 4.78 is 78.3. The average Bonchev–Trinajstić information content (AvgIpc) is 3.27. The number of unbranched alkanes of at least 4 members (excludes halogenated alkanes) is 13. The van der Waals surface area contributed by atoms with E-state index in [1.807, 2.05) is 0 Å². The Kier molecular flexibility index (Phi) is 18.7. The van der Waals surface area contributed by atoms with E-state index in [-0.39, 0.29) is 11.5 Å². The first-order valence-corrected chi connectivity index (χ1v) is 26.7. The molecule has 0 spiro atoms. The number of piperidine rings is 2. The number of halogens is 2. The number of hydrogen-bond donors (Lipinski definition) is 0. The molecule has 1 atom stereocenters. The first kappa shape index (κ1) is 47.8. The molecule has 3 aliphatic rings. The van der Waals surface area contributed by atoms with E-state index in [9.17, 15) is 12.6 Å². The fourth-order valence-corrected chi connectivity index (χ4v) is 11.8. The van der Waals surface area contributed by atoms with Crippen LogP contribution in [-0.4, -0.2) is 116 Å². The van der Waals surface area contributed by atoms with E-state index >= 15 is 8.78 Å². The molecule has 9 nitrogen and oxygen atoms in total. The second-order valence-corrected chi connectivity index (χ2v) is 21.0. The molecular weight excluding hydrogens is 813 g/mol. The standard InChI is InChI=1S/C48H73F2N5O4S2/c1-4-6-7-8-9-10-11-12-13-14-15-16-17-18-33-59-48-43(49)35-41(36-44(48)50)61(57,58)46-37-51-45-20-19-40(60(3)56)34-42(45)47(46)55-27-23-39(24-28-55)54-31-29-53(30-32-54)38-21-25-52(5-2)26-22-38/h19-20,34-39H,4-18,21-33H2,1-3H3. The SMILES string of the molecule is CCCCCCCCCCCCCCCCOc1c(F)cc(S(=O)(=O)c2cnc3ccc(S(C)=O)cc3c2N2CCC(N3CCN(C4CCN(CC)CC4)CC3)CC2)cc1F. The zero-order valence-electron chi connectivity index (χ0n) is 37.4. The van der Waals surface area contributed by atoms with Gasteiger partial charge in [-0.2, -0.15) is 0 Å². The molecule has 3 aromatic rings. The van der Waals surface area contributed by atoms with Gasteiger partial charge in [0.05, 0.1) is 22.7 Å². The van der Waals surface area contributed by atoms with Crippen LogP contribution in [0.1, 0.15) is 129 Å². The van der Waals surface area contributed by atoms with Crippen molar-refractivity contribution in [2.45, 2.75) is 156 Å². The summed E-state index contributed by atoms with van der Waals surface area (Å²) in [5, 5.41) is 0.559. The van der Waals surface area contributed by atoms with Crippen LogP contribution in [0.4, 0.5) is 14.5 Å². The van der Waals surface area contributed by atoms with Gasteiger partial charge in [-0.15, -0.1) is 0 Å². The maximum Gasteiger partial charge on any atom is 0.210 e. The van der Waals surface area contributed by atoms with E-state index in [0.29, 0.717) is 53.1 Å². The van der Waals surface area contributed by atoms with Gasteiger partial charge in [0.1, 0.15) is 4.90 Å². The first-order chi connectivity index (χ1) is 29.6. The second-order valence-electron chi connectivity index (χ2n) is 17.7. The van der Waals surface area contributed by atoms with E-state index in [2.05, 4.69) is 38.4 Å². The van der Waals surface area contributed by atoms with Gasteiger partial charge in [0.25, 0.3) is 0 Å². The Morgan fingerprint density at radius 2 is 1.21 bits per heavy atom. The van der Waals surface area contributed by atoms with Crippen LogP contribution < -0.4 is 9.64 Å². The fraction of sp³-hybridized carbons (Fsp3) is 0.688. The highest BCUT2D eigenvalue weighted by atomic mass is 32.2. The number of nitrogens with zero attached hydrogens (tertiary/aromatic N) is 5. The summed E-state index contributed by atoms with van der Waals surface area (Å²) in [5.41, 5.74) is 1.01. The molecule has 1 aromatic heterocycles. The number of anilines is 1. The molecule has 13 heteroatoms. The Balaban J connectivity index is 1.06. The van der Waals surface area contributed by atoms with Crippen molar-refractivity contribution in [2.75, 3.05) is 76.7 Å². The lowest BCUT2D eigenvalue weighted by Gasteiger charge is -2.46. The maximum absolute atomic E-state index is 15.6. The molecule has 4 heterocycles. The van der Waals surface area contributed by atoms with Crippen molar-refractivity contribution in [3.05, 3.63) is 48.2 Å². The van der Waals surface area contributed by atoms with E-state index in [1.54, 1.807) is 24.5 Å². The highest BCUT2D eigenvalue weighted by Gasteiger charge is 2.34. The van der Waals surface area contributed by atoms with Crippen LogP contribution >= 0.6 is 0 Å². The fourth-order valence-electron chi connectivity index (χ4n) is 9.79. The van der Waals surface area contributed by atoms with Gasteiger partial charge in [0, 0.05) is 84.9 Å². The zero-order chi connectivity index (χ0) is 43.2. The number of likely N-dealkylation sites (tertiary alicyclic amines) is 1. The van der Waals surface area contributed by atoms with Gasteiger partial charge < -0.3 is 14.5 Å². The summed E-state index contributed by atoms with van der Waals surface area (Å²) >= 11 is 0. The quantitative estimate of drug-likeness (QED) is 0.0865. The third-order valence-electron chi connectivity index (χ3n) is 13.6. The van der Waals surface area contributed by atoms with Gasteiger partial charge in [-0.25, -0.2) is 17.2 Å². The van der Waals surface area contributed by atoms with Crippen molar-refractivity contribution >= 4 is 37.2 Å². The minimum absolute atomic E-state index is 0.116.